The van der Waals surface area contributed by atoms with Crippen LogP contribution in [0.4, 0.5) is 0 Å². The molecule has 1 aliphatic rings. The summed E-state index contributed by atoms with van der Waals surface area (Å²) in [6.45, 7) is 4.73. The van der Waals surface area contributed by atoms with Crippen molar-refractivity contribution in [2.45, 2.75) is 38.7 Å². The third-order valence-electron chi connectivity index (χ3n) is 2.29. The van der Waals surface area contributed by atoms with Gasteiger partial charge in [0.1, 0.15) is 0 Å². The Morgan fingerprint density at radius 2 is 2.46 bits per heavy atom. The minimum absolute atomic E-state index is 0.541. The first-order valence-electron chi connectivity index (χ1n) is 5.15. The Balaban J connectivity index is 1.85. The molecule has 1 aliphatic heterocycles. The van der Waals surface area contributed by atoms with Crippen molar-refractivity contribution >= 4 is 0 Å². The summed E-state index contributed by atoms with van der Waals surface area (Å²) in [5, 5.41) is 3.28. The Morgan fingerprint density at radius 1 is 1.54 bits per heavy atom. The van der Waals surface area contributed by atoms with E-state index in [1.165, 1.54) is 25.7 Å². The molecule has 2 nitrogen and oxygen atoms in total. The summed E-state index contributed by atoms with van der Waals surface area (Å²) in [7, 11) is 0. The van der Waals surface area contributed by atoms with Gasteiger partial charge < -0.3 is 10.1 Å². The van der Waals surface area contributed by atoms with Crippen LogP contribution in [0.1, 0.15) is 32.6 Å². The lowest BCUT2D eigenvalue weighted by atomic mass is 10.1. The number of nitrogens with one attached hydrogen (secondary N) is 1. The molecule has 0 aromatic rings. The molecule has 1 N–H and O–H groups in total. The minimum atomic E-state index is 0.541. The number of hydrogen-bond acceptors (Lipinski definition) is 2. The van der Waals surface area contributed by atoms with Gasteiger partial charge in [0.15, 0.2) is 0 Å². The number of ether oxygens (including phenoxy) is 1. The highest BCUT2D eigenvalue weighted by molar-refractivity contribution is 4.96. The molecule has 74 valence electrons. The molecule has 1 rings (SSSR count). The molecule has 0 bridgehead atoms. The maximum atomic E-state index is 5.52. The smallest absolute Gasteiger partial charge is 0.0576 e. The maximum absolute atomic E-state index is 5.52. The van der Waals surface area contributed by atoms with Crippen LogP contribution >= 0.6 is 0 Å². The van der Waals surface area contributed by atoms with E-state index in [0.29, 0.717) is 6.10 Å². The van der Waals surface area contributed by atoms with Crippen LogP contribution in [0.2, 0.25) is 0 Å². The van der Waals surface area contributed by atoms with Gasteiger partial charge in [0, 0.05) is 6.61 Å². The van der Waals surface area contributed by atoms with Gasteiger partial charge in [-0.1, -0.05) is 5.92 Å². The van der Waals surface area contributed by atoms with Gasteiger partial charge >= 0.3 is 0 Å². The second-order valence-corrected chi connectivity index (χ2v) is 3.38. The van der Waals surface area contributed by atoms with Crippen LogP contribution in [-0.2, 0) is 4.74 Å². The van der Waals surface area contributed by atoms with Crippen molar-refractivity contribution in [2.75, 3.05) is 19.7 Å². The van der Waals surface area contributed by atoms with Gasteiger partial charge in [-0.2, -0.15) is 0 Å². The Labute approximate surface area is 81.0 Å². The standard InChI is InChI=1S/C11H19NO/c1-2-3-8-12-9-4-6-11-7-5-10-13-11/h11-12H,4-10H2,1H3. The molecule has 1 saturated heterocycles. The summed E-state index contributed by atoms with van der Waals surface area (Å²) in [5.41, 5.74) is 0. The monoisotopic (exact) mass is 181 g/mol. The van der Waals surface area contributed by atoms with Crippen LogP contribution < -0.4 is 5.32 Å². The molecular weight excluding hydrogens is 162 g/mol. The molecule has 0 amide bonds. The van der Waals surface area contributed by atoms with Crippen molar-refractivity contribution in [1.82, 2.24) is 5.32 Å². The lowest BCUT2D eigenvalue weighted by Gasteiger charge is -2.08. The second kappa shape index (κ2) is 6.94. The van der Waals surface area contributed by atoms with Crippen LogP contribution in [0, 0.1) is 11.8 Å². The average Bonchev–Trinajstić information content (AvgIpc) is 2.63. The highest BCUT2D eigenvalue weighted by atomic mass is 16.5. The number of rotatable bonds is 5. The van der Waals surface area contributed by atoms with Crippen LogP contribution in [0.15, 0.2) is 0 Å². The Kier molecular flexibility index (Phi) is 5.64. The Bertz CT molecular complexity index is 174. The normalized spacial score (nSPS) is 21.2. The molecule has 13 heavy (non-hydrogen) atoms. The van der Waals surface area contributed by atoms with Gasteiger partial charge in [-0.25, -0.2) is 0 Å². The second-order valence-electron chi connectivity index (χ2n) is 3.38. The van der Waals surface area contributed by atoms with E-state index in [0.717, 1.165) is 19.7 Å². The summed E-state index contributed by atoms with van der Waals surface area (Å²) in [4.78, 5) is 0. The first-order valence-corrected chi connectivity index (χ1v) is 5.15. The zero-order valence-corrected chi connectivity index (χ0v) is 8.44. The lowest BCUT2D eigenvalue weighted by molar-refractivity contribution is 0.102. The molecule has 0 aromatic heterocycles. The van der Waals surface area contributed by atoms with Crippen LogP contribution in [-0.4, -0.2) is 25.8 Å². The van der Waals surface area contributed by atoms with Gasteiger partial charge in [0.25, 0.3) is 0 Å². The molecular formula is C11H19NO. The van der Waals surface area contributed by atoms with Gasteiger partial charge in [-0.3, -0.25) is 0 Å². The summed E-state index contributed by atoms with van der Waals surface area (Å²) in [6.07, 6.45) is 5.45. The van der Waals surface area contributed by atoms with Crippen molar-refractivity contribution in [3.05, 3.63) is 0 Å². The van der Waals surface area contributed by atoms with Crippen LogP contribution in [0.5, 0.6) is 0 Å². The van der Waals surface area contributed by atoms with Crippen molar-refractivity contribution in [2.24, 2.45) is 0 Å². The SMILES string of the molecule is CC#CCNCCCC1CCCO1. The van der Waals surface area contributed by atoms with Crippen molar-refractivity contribution in [3.63, 3.8) is 0 Å². The summed E-state index contributed by atoms with van der Waals surface area (Å²) >= 11 is 0. The molecule has 0 aliphatic carbocycles. The largest absolute Gasteiger partial charge is 0.378 e. The first kappa shape index (κ1) is 10.6. The van der Waals surface area contributed by atoms with E-state index in [1.54, 1.807) is 0 Å². The molecule has 0 spiro atoms. The molecule has 1 unspecified atom stereocenters. The van der Waals surface area contributed by atoms with Crippen molar-refractivity contribution < 1.29 is 4.74 Å². The predicted molar refractivity (Wildman–Crippen MR) is 54.5 cm³/mol. The fourth-order valence-electron chi connectivity index (χ4n) is 1.57. The van der Waals surface area contributed by atoms with Crippen molar-refractivity contribution in [1.29, 1.82) is 0 Å². The fourth-order valence-corrected chi connectivity index (χ4v) is 1.57. The molecule has 1 fully saturated rings. The summed E-state index contributed by atoms with van der Waals surface area (Å²) in [5.74, 6) is 5.85. The first-order chi connectivity index (χ1) is 6.43. The Hall–Kier alpha value is -0.520. The fraction of sp³-hybridized carbons (Fsp3) is 0.818. The van der Waals surface area contributed by atoms with Gasteiger partial charge in [-0.15, -0.1) is 5.92 Å². The third-order valence-corrected chi connectivity index (χ3v) is 2.29. The van der Waals surface area contributed by atoms with E-state index in [9.17, 15) is 0 Å². The van der Waals surface area contributed by atoms with Gasteiger partial charge in [0.2, 0.25) is 0 Å². The van der Waals surface area contributed by atoms with Crippen molar-refractivity contribution in [3.8, 4) is 11.8 Å². The Morgan fingerprint density at radius 3 is 3.15 bits per heavy atom. The zero-order chi connectivity index (χ0) is 9.36. The highest BCUT2D eigenvalue weighted by Gasteiger charge is 2.13. The van der Waals surface area contributed by atoms with Crippen LogP contribution in [0.25, 0.3) is 0 Å². The third kappa shape index (κ3) is 4.92. The van der Waals surface area contributed by atoms with E-state index in [4.69, 9.17) is 4.74 Å². The molecule has 0 saturated carbocycles. The van der Waals surface area contributed by atoms with Gasteiger partial charge in [-0.05, 0) is 39.2 Å². The number of hydrogen-bond donors (Lipinski definition) is 1. The molecule has 0 radical (unpaired) electrons. The lowest BCUT2D eigenvalue weighted by Crippen LogP contribution is -2.17. The van der Waals surface area contributed by atoms with E-state index < -0.39 is 0 Å². The van der Waals surface area contributed by atoms with Gasteiger partial charge in [0.05, 0.1) is 12.6 Å². The topological polar surface area (TPSA) is 21.3 Å². The quantitative estimate of drug-likeness (QED) is 0.513. The van der Waals surface area contributed by atoms with E-state index in [-0.39, 0.29) is 0 Å². The molecule has 1 atom stereocenters. The summed E-state index contributed by atoms with van der Waals surface area (Å²) in [6, 6.07) is 0. The molecule has 2 heteroatoms. The highest BCUT2D eigenvalue weighted by Crippen LogP contribution is 2.16. The average molecular weight is 181 g/mol. The zero-order valence-electron chi connectivity index (χ0n) is 8.44. The molecule has 1 heterocycles. The maximum Gasteiger partial charge on any atom is 0.0576 e. The van der Waals surface area contributed by atoms with E-state index in [1.807, 2.05) is 6.92 Å². The predicted octanol–water partition coefficient (Wildman–Crippen LogP) is 1.56. The minimum Gasteiger partial charge on any atom is -0.378 e. The summed E-state index contributed by atoms with van der Waals surface area (Å²) < 4.78 is 5.52. The molecule has 0 aromatic carbocycles. The van der Waals surface area contributed by atoms with E-state index in [2.05, 4.69) is 17.2 Å². The van der Waals surface area contributed by atoms with E-state index >= 15 is 0 Å². The van der Waals surface area contributed by atoms with Crippen LogP contribution in [0.3, 0.4) is 0 Å².